The summed E-state index contributed by atoms with van der Waals surface area (Å²) in [6, 6.07) is 12.8. The van der Waals surface area contributed by atoms with Crippen molar-refractivity contribution >= 4 is 5.82 Å². The van der Waals surface area contributed by atoms with Crippen LogP contribution in [0.2, 0.25) is 0 Å². The molecule has 2 N–H and O–H groups in total. The van der Waals surface area contributed by atoms with Gasteiger partial charge in [-0.05, 0) is 23.8 Å². The predicted molar refractivity (Wildman–Crippen MR) is 71.7 cm³/mol. The lowest BCUT2D eigenvalue weighted by atomic mass is 10.0. The van der Waals surface area contributed by atoms with E-state index in [-0.39, 0.29) is 5.82 Å². The van der Waals surface area contributed by atoms with Crippen LogP contribution in [0.1, 0.15) is 0 Å². The lowest BCUT2D eigenvalue weighted by Crippen LogP contribution is -1.89. The Labute approximate surface area is 113 Å². The topological polar surface area (TPSA) is 52.0 Å². The average Bonchev–Trinajstić information content (AvgIpc) is 2.85. The van der Waals surface area contributed by atoms with Crippen molar-refractivity contribution < 1.29 is 13.3 Å². The van der Waals surface area contributed by atoms with Crippen molar-refractivity contribution in [3.63, 3.8) is 0 Å². The highest BCUT2D eigenvalue weighted by Gasteiger charge is 2.18. The molecule has 0 amide bonds. The highest BCUT2D eigenvalue weighted by molar-refractivity contribution is 5.86. The molecule has 1 aromatic heterocycles. The number of nitrogens with two attached hydrogens (primary N) is 1. The van der Waals surface area contributed by atoms with E-state index in [0.717, 1.165) is 17.7 Å². The summed E-state index contributed by atoms with van der Waals surface area (Å²) in [5.41, 5.74) is 7.55. The van der Waals surface area contributed by atoms with Gasteiger partial charge in [0.2, 0.25) is 0 Å². The van der Waals surface area contributed by atoms with Gasteiger partial charge in [0.15, 0.2) is 23.2 Å². The van der Waals surface area contributed by atoms with Crippen molar-refractivity contribution in [3.8, 4) is 22.5 Å². The summed E-state index contributed by atoms with van der Waals surface area (Å²) in [6.45, 7) is 0. The second-order valence-electron chi connectivity index (χ2n) is 4.27. The molecule has 3 aromatic rings. The van der Waals surface area contributed by atoms with E-state index in [4.69, 9.17) is 10.3 Å². The summed E-state index contributed by atoms with van der Waals surface area (Å²) < 4.78 is 31.5. The molecule has 0 aliphatic heterocycles. The smallest absolute Gasteiger partial charge is 0.177 e. The van der Waals surface area contributed by atoms with Crippen LogP contribution in [0.25, 0.3) is 22.5 Å². The molecule has 0 bridgehead atoms. The monoisotopic (exact) mass is 272 g/mol. The van der Waals surface area contributed by atoms with Crippen LogP contribution < -0.4 is 5.73 Å². The summed E-state index contributed by atoms with van der Waals surface area (Å²) in [5, 5.41) is 3.71. The molecule has 2 aromatic carbocycles. The van der Waals surface area contributed by atoms with Crippen molar-refractivity contribution in [2.45, 2.75) is 0 Å². The highest BCUT2D eigenvalue weighted by Crippen LogP contribution is 2.36. The van der Waals surface area contributed by atoms with Crippen molar-refractivity contribution in [1.29, 1.82) is 0 Å². The Kier molecular flexibility index (Phi) is 2.95. The molecule has 0 saturated carbocycles. The first-order valence-corrected chi connectivity index (χ1v) is 5.93. The van der Waals surface area contributed by atoms with Gasteiger partial charge in [0.05, 0.1) is 5.56 Å². The SMILES string of the molecule is Nc1noc(-c2ccc(F)c(F)c2)c1-c1ccccc1. The third-order valence-corrected chi connectivity index (χ3v) is 2.96. The Hall–Kier alpha value is -2.69. The van der Waals surface area contributed by atoms with Gasteiger partial charge in [0, 0.05) is 5.56 Å². The molecule has 3 nitrogen and oxygen atoms in total. The lowest BCUT2D eigenvalue weighted by Gasteiger charge is -2.03. The number of anilines is 1. The zero-order valence-electron chi connectivity index (χ0n) is 10.3. The van der Waals surface area contributed by atoms with E-state index in [1.165, 1.54) is 6.07 Å². The van der Waals surface area contributed by atoms with Gasteiger partial charge in [0.1, 0.15) is 0 Å². The molecule has 0 saturated heterocycles. The maximum Gasteiger partial charge on any atom is 0.177 e. The number of nitrogen functional groups attached to an aromatic ring is 1. The van der Waals surface area contributed by atoms with Crippen LogP contribution in [0.15, 0.2) is 53.1 Å². The minimum absolute atomic E-state index is 0.205. The van der Waals surface area contributed by atoms with E-state index in [2.05, 4.69) is 5.16 Å². The van der Waals surface area contributed by atoms with E-state index in [1.807, 2.05) is 30.3 Å². The largest absolute Gasteiger partial charge is 0.380 e. The average molecular weight is 272 g/mol. The van der Waals surface area contributed by atoms with E-state index >= 15 is 0 Å². The minimum atomic E-state index is -0.948. The molecule has 0 spiro atoms. The van der Waals surface area contributed by atoms with Crippen LogP contribution in [-0.2, 0) is 0 Å². The number of hydrogen-bond donors (Lipinski definition) is 1. The van der Waals surface area contributed by atoms with E-state index < -0.39 is 11.6 Å². The maximum atomic E-state index is 13.3. The Morgan fingerprint density at radius 2 is 1.65 bits per heavy atom. The standard InChI is InChI=1S/C15H10F2N2O/c16-11-7-6-10(8-12(11)17)14-13(15(18)19-20-14)9-4-2-1-3-5-9/h1-8H,(H2,18,19). The first kappa shape index (κ1) is 12.3. The summed E-state index contributed by atoms with van der Waals surface area (Å²) in [6.07, 6.45) is 0. The third kappa shape index (κ3) is 2.03. The second kappa shape index (κ2) is 4.77. The first-order chi connectivity index (χ1) is 9.66. The van der Waals surface area contributed by atoms with Crippen molar-refractivity contribution in [2.24, 2.45) is 0 Å². The number of hydrogen-bond acceptors (Lipinski definition) is 3. The summed E-state index contributed by atoms with van der Waals surface area (Å²) in [7, 11) is 0. The Morgan fingerprint density at radius 3 is 2.35 bits per heavy atom. The lowest BCUT2D eigenvalue weighted by molar-refractivity contribution is 0.435. The Bertz CT molecular complexity index is 754. The quantitative estimate of drug-likeness (QED) is 0.770. The van der Waals surface area contributed by atoms with Gasteiger partial charge in [-0.15, -0.1) is 0 Å². The van der Waals surface area contributed by atoms with Gasteiger partial charge in [-0.3, -0.25) is 0 Å². The van der Waals surface area contributed by atoms with Crippen LogP contribution >= 0.6 is 0 Å². The summed E-state index contributed by atoms with van der Waals surface area (Å²) in [5.74, 6) is -1.34. The van der Waals surface area contributed by atoms with Crippen LogP contribution in [0.4, 0.5) is 14.6 Å². The Morgan fingerprint density at radius 1 is 0.900 bits per heavy atom. The number of nitrogens with zero attached hydrogens (tertiary/aromatic N) is 1. The molecule has 0 radical (unpaired) electrons. The molecule has 1 heterocycles. The molecule has 0 unspecified atom stereocenters. The summed E-state index contributed by atoms with van der Waals surface area (Å²) >= 11 is 0. The van der Waals surface area contributed by atoms with Gasteiger partial charge < -0.3 is 10.3 Å². The third-order valence-electron chi connectivity index (χ3n) is 2.96. The number of halogens is 2. The van der Waals surface area contributed by atoms with Crippen LogP contribution in [0.3, 0.4) is 0 Å². The van der Waals surface area contributed by atoms with Crippen molar-refractivity contribution in [1.82, 2.24) is 5.16 Å². The first-order valence-electron chi connectivity index (χ1n) is 5.93. The zero-order chi connectivity index (χ0) is 14.1. The van der Waals surface area contributed by atoms with Crippen LogP contribution in [0, 0.1) is 11.6 Å². The van der Waals surface area contributed by atoms with E-state index in [9.17, 15) is 8.78 Å². The maximum absolute atomic E-state index is 13.3. The Balaban J connectivity index is 2.18. The van der Waals surface area contributed by atoms with E-state index in [1.54, 1.807) is 0 Å². The van der Waals surface area contributed by atoms with E-state index in [0.29, 0.717) is 16.9 Å². The molecule has 0 fully saturated rings. The molecule has 0 aliphatic carbocycles. The molecule has 0 aliphatic rings. The van der Waals surface area contributed by atoms with Crippen molar-refractivity contribution in [2.75, 3.05) is 5.73 Å². The second-order valence-corrected chi connectivity index (χ2v) is 4.27. The molecular formula is C15H10F2N2O. The fraction of sp³-hybridized carbons (Fsp3) is 0. The van der Waals surface area contributed by atoms with Crippen molar-refractivity contribution in [3.05, 3.63) is 60.2 Å². The normalized spacial score (nSPS) is 10.7. The molecule has 0 atom stereocenters. The zero-order valence-corrected chi connectivity index (χ0v) is 10.3. The molecule has 3 rings (SSSR count). The predicted octanol–water partition coefficient (Wildman–Crippen LogP) is 3.87. The highest BCUT2D eigenvalue weighted by atomic mass is 19.2. The van der Waals surface area contributed by atoms with Gasteiger partial charge in [-0.1, -0.05) is 35.5 Å². The minimum Gasteiger partial charge on any atom is -0.380 e. The van der Waals surface area contributed by atoms with Crippen LogP contribution in [-0.4, -0.2) is 5.16 Å². The number of aromatic nitrogens is 1. The fourth-order valence-electron chi connectivity index (χ4n) is 2.02. The fourth-order valence-corrected chi connectivity index (χ4v) is 2.02. The molecule has 100 valence electrons. The molecule has 5 heteroatoms. The van der Waals surface area contributed by atoms with Crippen LogP contribution in [0.5, 0.6) is 0 Å². The van der Waals surface area contributed by atoms with Gasteiger partial charge in [-0.2, -0.15) is 0 Å². The van der Waals surface area contributed by atoms with Gasteiger partial charge in [0.25, 0.3) is 0 Å². The molecule has 20 heavy (non-hydrogen) atoms. The van der Waals surface area contributed by atoms with Gasteiger partial charge >= 0.3 is 0 Å². The summed E-state index contributed by atoms with van der Waals surface area (Å²) in [4.78, 5) is 0. The molecular weight excluding hydrogens is 262 g/mol. The van der Waals surface area contributed by atoms with Gasteiger partial charge in [-0.25, -0.2) is 8.78 Å². The number of rotatable bonds is 2. The number of benzene rings is 2.